The fourth-order valence-electron chi connectivity index (χ4n) is 3.79. The number of rotatable bonds is 5. The lowest BCUT2D eigenvalue weighted by Gasteiger charge is -2.21. The van der Waals surface area contributed by atoms with Crippen LogP contribution in [0.1, 0.15) is 25.0 Å². The first-order chi connectivity index (χ1) is 13.8. The molecule has 0 saturated carbocycles. The van der Waals surface area contributed by atoms with Crippen LogP contribution in [0, 0.1) is 0 Å². The van der Waals surface area contributed by atoms with Gasteiger partial charge in [0.2, 0.25) is 5.71 Å². The fraction of sp³-hybridized carbons (Fsp3) is 0.269. The quantitative estimate of drug-likeness (QED) is 0.844. The Hall–Kier alpha value is -3.07. The minimum atomic E-state index is 0.874. The van der Waals surface area contributed by atoms with E-state index in [1.54, 1.807) is 0 Å². The van der Waals surface area contributed by atoms with Crippen molar-refractivity contribution in [2.24, 2.45) is 0 Å². The number of anilines is 2. The van der Waals surface area contributed by atoms with Crippen LogP contribution in [-0.4, -0.2) is 40.4 Å². The number of nitrogens with one attached hydrogen (secondary N) is 1. The van der Waals surface area contributed by atoms with Crippen LogP contribution in [0.5, 0.6) is 0 Å². The minimum absolute atomic E-state index is 0.874. The molecule has 2 aromatic rings. The third-order valence-corrected chi connectivity index (χ3v) is 5.38. The van der Waals surface area contributed by atoms with Crippen molar-refractivity contribution in [3.63, 3.8) is 0 Å². The lowest BCUT2D eigenvalue weighted by molar-refractivity contribution is -0.450. The van der Waals surface area contributed by atoms with E-state index in [9.17, 15) is 0 Å². The van der Waals surface area contributed by atoms with Gasteiger partial charge in [-0.1, -0.05) is 30.8 Å². The monoisotopic (exact) mass is 386 g/mol. The molecule has 0 radical (unpaired) electrons. The Morgan fingerprint density at radius 1 is 0.793 bits per heavy atom. The Kier molecular flexibility index (Phi) is 6.07. The maximum absolute atomic E-state index is 4.40. The molecule has 3 rings (SSSR count). The summed E-state index contributed by atoms with van der Waals surface area (Å²) in [6, 6.07) is 17.4. The molecule has 0 spiro atoms. The second-order valence-corrected chi connectivity index (χ2v) is 7.87. The molecule has 2 aromatic carbocycles. The lowest BCUT2D eigenvalue weighted by atomic mass is 9.81. The van der Waals surface area contributed by atoms with Gasteiger partial charge in [-0.15, -0.1) is 0 Å². The molecule has 0 aliphatic heterocycles. The molecule has 1 aliphatic rings. The molecule has 0 aromatic heterocycles. The van der Waals surface area contributed by atoms with E-state index in [1.807, 2.05) is 0 Å². The van der Waals surface area contributed by atoms with E-state index in [4.69, 9.17) is 0 Å². The Balaban J connectivity index is 2.05. The topological polar surface area (TPSA) is 20.5 Å². The highest BCUT2D eigenvalue weighted by molar-refractivity contribution is 6.34. The van der Waals surface area contributed by atoms with E-state index in [0.29, 0.717) is 0 Å². The predicted molar refractivity (Wildman–Crippen MR) is 128 cm³/mol. The largest absolute Gasteiger partial charge is 0.378 e. The van der Waals surface area contributed by atoms with Gasteiger partial charge in [-0.2, -0.15) is 0 Å². The molecule has 0 unspecified atom stereocenters. The molecule has 3 heteroatoms. The molecule has 0 fully saturated rings. The molecule has 0 amide bonds. The van der Waals surface area contributed by atoms with E-state index in [2.05, 4.69) is 118 Å². The number of benzene rings is 2. The van der Waals surface area contributed by atoms with Crippen molar-refractivity contribution in [2.75, 3.05) is 44.5 Å². The number of hydrogen-bond donors (Lipinski definition) is 1. The van der Waals surface area contributed by atoms with E-state index >= 15 is 0 Å². The van der Waals surface area contributed by atoms with Gasteiger partial charge in [0.05, 0.1) is 5.57 Å². The van der Waals surface area contributed by atoms with Crippen LogP contribution in [0.25, 0.3) is 11.1 Å². The summed E-state index contributed by atoms with van der Waals surface area (Å²) in [5, 5.41) is 0. The summed E-state index contributed by atoms with van der Waals surface area (Å²) in [6.45, 7) is 9.61. The van der Waals surface area contributed by atoms with Gasteiger partial charge in [0, 0.05) is 45.1 Å². The van der Waals surface area contributed by atoms with Gasteiger partial charge in [-0.3, -0.25) is 0 Å². The molecule has 150 valence electrons. The first-order valence-electron chi connectivity index (χ1n) is 10.1. The molecule has 0 bridgehead atoms. The van der Waals surface area contributed by atoms with Crippen LogP contribution in [-0.2, 0) is 0 Å². The van der Waals surface area contributed by atoms with E-state index < -0.39 is 0 Å². The highest BCUT2D eigenvalue weighted by Gasteiger charge is 2.26. The summed E-state index contributed by atoms with van der Waals surface area (Å²) < 4.78 is 0. The fourth-order valence-corrected chi connectivity index (χ4v) is 3.79. The summed E-state index contributed by atoms with van der Waals surface area (Å²) >= 11 is 0. The average molecular weight is 387 g/mol. The van der Waals surface area contributed by atoms with Gasteiger partial charge >= 0.3 is 0 Å². The summed E-state index contributed by atoms with van der Waals surface area (Å²) in [6.07, 6.45) is 2.21. The number of hydrogen-bond acceptors (Lipinski definition) is 2. The maximum atomic E-state index is 4.40. The first kappa shape index (κ1) is 20.7. The van der Waals surface area contributed by atoms with E-state index in [-0.39, 0.29) is 0 Å². The van der Waals surface area contributed by atoms with Crippen molar-refractivity contribution in [3.05, 3.63) is 83.5 Å². The molecule has 1 N–H and O–H groups in total. The zero-order valence-corrected chi connectivity index (χ0v) is 18.5. The molecular formula is C26H32N3+. The summed E-state index contributed by atoms with van der Waals surface area (Å²) in [4.78, 5) is 7.84. The standard InChI is InChI=1S/C26H31N3/c1-8-27-26-19(3)25(21-11-15-23(16-12-21)29(6)7)18(2)17-24(26)20-9-13-22(14-10-20)28(4)5/h9-17H,2,8H2,1,3-7H3/p+1. The number of allylic oxidation sites excluding steroid dienone is 5. The summed E-state index contributed by atoms with van der Waals surface area (Å²) in [5.74, 6) is 0. The summed E-state index contributed by atoms with van der Waals surface area (Å²) in [5.41, 5.74) is 10.7. The van der Waals surface area contributed by atoms with Crippen molar-refractivity contribution in [1.82, 2.24) is 0 Å². The molecule has 0 heterocycles. The van der Waals surface area contributed by atoms with Gasteiger partial charge in [-0.25, -0.2) is 4.99 Å². The van der Waals surface area contributed by atoms with Gasteiger partial charge in [0.15, 0.2) is 0 Å². The van der Waals surface area contributed by atoms with Crippen molar-refractivity contribution in [2.45, 2.75) is 13.8 Å². The van der Waals surface area contributed by atoms with Gasteiger partial charge < -0.3 is 9.80 Å². The zero-order chi connectivity index (χ0) is 21.1. The molecule has 0 saturated heterocycles. The SMILES string of the molecule is C=C1C=C(c2ccc(N(C)C)cc2)C(=[NH+]CC)C(C)=C1c1ccc(N(C)C)cc1. The maximum Gasteiger partial charge on any atom is 0.209 e. The molecule has 29 heavy (non-hydrogen) atoms. The van der Waals surface area contributed by atoms with E-state index in [0.717, 1.165) is 12.1 Å². The number of nitrogens with zero attached hydrogens (tertiary/aromatic N) is 2. The molecular weight excluding hydrogens is 354 g/mol. The molecule has 0 atom stereocenters. The van der Waals surface area contributed by atoms with Crippen molar-refractivity contribution >= 4 is 28.2 Å². The van der Waals surface area contributed by atoms with E-state index in [1.165, 1.54) is 44.9 Å². The highest BCUT2D eigenvalue weighted by Crippen LogP contribution is 2.36. The Morgan fingerprint density at radius 3 is 1.72 bits per heavy atom. The highest BCUT2D eigenvalue weighted by atomic mass is 15.1. The van der Waals surface area contributed by atoms with Crippen LogP contribution >= 0.6 is 0 Å². The molecule has 3 nitrogen and oxygen atoms in total. The second kappa shape index (κ2) is 8.52. The van der Waals surface area contributed by atoms with Crippen molar-refractivity contribution in [3.8, 4) is 0 Å². The van der Waals surface area contributed by atoms with Crippen molar-refractivity contribution < 1.29 is 4.99 Å². The van der Waals surface area contributed by atoms with Gasteiger partial charge in [0.25, 0.3) is 0 Å². The Bertz CT molecular complexity index is 985. The second-order valence-electron chi connectivity index (χ2n) is 7.87. The Morgan fingerprint density at radius 2 is 1.28 bits per heavy atom. The molecule has 1 aliphatic carbocycles. The van der Waals surface area contributed by atoms with Gasteiger partial charge in [-0.05, 0) is 66.5 Å². The van der Waals surface area contributed by atoms with Crippen LogP contribution < -0.4 is 14.8 Å². The normalized spacial score (nSPS) is 15.6. The first-order valence-corrected chi connectivity index (χ1v) is 10.1. The van der Waals surface area contributed by atoms with Gasteiger partial charge in [0.1, 0.15) is 6.54 Å². The lowest BCUT2D eigenvalue weighted by Crippen LogP contribution is -2.73. The smallest absolute Gasteiger partial charge is 0.209 e. The van der Waals surface area contributed by atoms with Crippen LogP contribution in [0.2, 0.25) is 0 Å². The Labute approximate surface area is 175 Å². The third-order valence-electron chi connectivity index (χ3n) is 5.38. The third kappa shape index (κ3) is 4.19. The van der Waals surface area contributed by atoms with Crippen LogP contribution in [0.4, 0.5) is 11.4 Å². The summed E-state index contributed by atoms with van der Waals surface area (Å²) in [7, 11) is 8.25. The predicted octanol–water partition coefficient (Wildman–Crippen LogP) is 3.79. The minimum Gasteiger partial charge on any atom is -0.378 e. The average Bonchev–Trinajstić information content (AvgIpc) is 2.70. The van der Waals surface area contributed by atoms with Crippen LogP contribution in [0.15, 0.2) is 72.3 Å². The van der Waals surface area contributed by atoms with Crippen LogP contribution in [0.3, 0.4) is 0 Å². The van der Waals surface area contributed by atoms with Crippen molar-refractivity contribution in [1.29, 1.82) is 0 Å². The zero-order valence-electron chi connectivity index (χ0n) is 18.5.